The monoisotopic (exact) mass is 273 g/mol. The number of nitrogens with one attached hydrogen (secondary N) is 1. The van der Waals surface area contributed by atoms with Gasteiger partial charge in [-0.25, -0.2) is 0 Å². The number of hydrogen-bond acceptors (Lipinski definition) is 1. The van der Waals surface area contributed by atoms with E-state index in [4.69, 9.17) is 0 Å². The molecule has 1 N–H and O–H groups in total. The summed E-state index contributed by atoms with van der Waals surface area (Å²) in [6.07, 6.45) is 4.09. The van der Waals surface area contributed by atoms with Crippen molar-refractivity contribution in [1.29, 1.82) is 0 Å². The molecule has 20 heavy (non-hydrogen) atoms. The zero-order valence-corrected chi connectivity index (χ0v) is 14.4. The summed E-state index contributed by atoms with van der Waals surface area (Å²) >= 11 is 0. The lowest BCUT2D eigenvalue weighted by atomic mass is 9.73. The van der Waals surface area contributed by atoms with Gasteiger partial charge < -0.3 is 5.32 Å². The van der Waals surface area contributed by atoms with Gasteiger partial charge in [-0.15, -0.1) is 0 Å². The molecule has 0 aliphatic heterocycles. The van der Waals surface area contributed by atoms with Crippen LogP contribution in [0.3, 0.4) is 0 Å². The van der Waals surface area contributed by atoms with Gasteiger partial charge in [-0.3, -0.25) is 0 Å². The van der Waals surface area contributed by atoms with Crippen molar-refractivity contribution in [2.24, 2.45) is 11.3 Å². The molecule has 0 spiro atoms. The first kappa shape index (κ1) is 15.6. The van der Waals surface area contributed by atoms with E-state index in [0.29, 0.717) is 11.5 Å². The standard InChI is InChI=1S/C19H31N/c1-12-11-13(2)15(4)17(14(12)3)18(20-7)16-9-8-10-19(16,5)6/h11,16,18,20H,8-10H2,1-7H3. The molecular weight excluding hydrogens is 242 g/mol. The summed E-state index contributed by atoms with van der Waals surface area (Å²) in [4.78, 5) is 0. The summed E-state index contributed by atoms with van der Waals surface area (Å²) in [6, 6.07) is 2.83. The lowest BCUT2D eigenvalue weighted by Crippen LogP contribution is -2.33. The zero-order chi connectivity index (χ0) is 15.1. The van der Waals surface area contributed by atoms with Gasteiger partial charge in [0.25, 0.3) is 0 Å². The van der Waals surface area contributed by atoms with E-state index in [1.807, 2.05) is 0 Å². The highest BCUT2D eigenvalue weighted by molar-refractivity contribution is 5.46. The van der Waals surface area contributed by atoms with Crippen LogP contribution >= 0.6 is 0 Å². The molecule has 1 saturated carbocycles. The molecule has 2 atom stereocenters. The Hall–Kier alpha value is -0.820. The average Bonchev–Trinajstić information content (AvgIpc) is 2.72. The van der Waals surface area contributed by atoms with Crippen LogP contribution < -0.4 is 5.32 Å². The molecule has 1 nitrogen and oxygen atoms in total. The molecule has 0 radical (unpaired) electrons. The summed E-state index contributed by atoms with van der Waals surface area (Å²) in [5.74, 6) is 0.742. The molecule has 1 aliphatic carbocycles. The van der Waals surface area contributed by atoms with Crippen LogP contribution in [0.15, 0.2) is 6.07 Å². The first-order chi connectivity index (χ1) is 9.29. The molecule has 2 rings (SSSR count). The van der Waals surface area contributed by atoms with E-state index in [2.05, 4.69) is 60.0 Å². The molecule has 1 fully saturated rings. The minimum Gasteiger partial charge on any atom is -0.313 e. The normalized spacial score (nSPS) is 23.1. The van der Waals surface area contributed by atoms with Gasteiger partial charge in [-0.1, -0.05) is 26.3 Å². The Bertz CT molecular complexity index is 473. The Labute approximate surface area is 125 Å². The molecule has 2 unspecified atom stereocenters. The molecule has 0 heterocycles. The van der Waals surface area contributed by atoms with Gasteiger partial charge in [0.1, 0.15) is 0 Å². The average molecular weight is 273 g/mol. The van der Waals surface area contributed by atoms with Gasteiger partial charge in [-0.2, -0.15) is 0 Å². The zero-order valence-electron chi connectivity index (χ0n) is 14.4. The van der Waals surface area contributed by atoms with Gasteiger partial charge in [-0.05, 0) is 86.7 Å². The summed E-state index contributed by atoms with van der Waals surface area (Å²) in [5, 5.41) is 3.65. The number of hydrogen-bond donors (Lipinski definition) is 1. The Morgan fingerprint density at radius 3 is 2.05 bits per heavy atom. The molecule has 1 aromatic rings. The van der Waals surface area contributed by atoms with Crippen LogP contribution in [0.5, 0.6) is 0 Å². The minimum atomic E-state index is 0.449. The SMILES string of the molecule is CNC(c1c(C)c(C)cc(C)c1C)C1CCCC1(C)C. The van der Waals surface area contributed by atoms with Crippen LogP contribution in [0.25, 0.3) is 0 Å². The van der Waals surface area contributed by atoms with Crippen molar-refractivity contribution in [3.63, 3.8) is 0 Å². The fourth-order valence-corrected chi connectivity index (χ4v) is 4.23. The quantitative estimate of drug-likeness (QED) is 0.816. The molecule has 0 aromatic heterocycles. The van der Waals surface area contributed by atoms with Crippen molar-refractivity contribution >= 4 is 0 Å². The van der Waals surface area contributed by atoms with Gasteiger partial charge in [0, 0.05) is 6.04 Å². The summed E-state index contributed by atoms with van der Waals surface area (Å²) in [6.45, 7) is 14.0. The topological polar surface area (TPSA) is 12.0 Å². The predicted octanol–water partition coefficient (Wildman–Crippen LogP) is 5.01. The molecule has 0 bridgehead atoms. The Morgan fingerprint density at radius 1 is 1.10 bits per heavy atom. The van der Waals surface area contributed by atoms with E-state index in [9.17, 15) is 0 Å². The van der Waals surface area contributed by atoms with Gasteiger partial charge in [0.15, 0.2) is 0 Å². The molecule has 0 amide bonds. The lowest BCUT2D eigenvalue weighted by Gasteiger charge is -2.36. The Balaban J connectivity index is 2.53. The predicted molar refractivity (Wildman–Crippen MR) is 88.3 cm³/mol. The molecule has 1 aromatic carbocycles. The Morgan fingerprint density at radius 2 is 1.65 bits per heavy atom. The van der Waals surface area contributed by atoms with Gasteiger partial charge in [0.05, 0.1) is 0 Å². The maximum absolute atomic E-state index is 3.65. The first-order valence-electron chi connectivity index (χ1n) is 8.04. The van der Waals surface area contributed by atoms with E-state index in [1.165, 1.54) is 41.5 Å². The maximum atomic E-state index is 3.65. The van der Waals surface area contributed by atoms with E-state index in [0.717, 1.165) is 5.92 Å². The van der Waals surface area contributed by atoms with E-state index >= 15 is 0 Å². The first-order valence-corrected chi connectivity index (χ1v) is 8.04. The third kappa shape index (κ3) is 2.53. The highest BCUT2D eigenvalue weighted by atomic mass is 14.9. The summed E-state index contributed by atoms with van der Waals surface area (Å²) < 4.78 is 0. The van der Waals surface area contributed by atoms with Crippen molar-refractivity contribution in [1.82, 2.24) is 5.32 Å². The Kier molecular flexibility index (Phi) is 4.30. The number of rotatable bonds is 3. The molecule has 1 aliphatic rings. The van der Waals surface area contributed by atoms with Crippen LogP contribution in [-0.2, 0) is 0 Å². The van der Waals surface area contributed by atoms with Crippen molar-refractivity contribution < 1.29 is 0 Å². The highest BCUT2D eigenvalue weighted by Crippen LogP contribution is 2.49. The second-order valence-electron chi connectivity index (χ2n) is 7.43. The molecule has 1 heteroatoms. The number of benzene rings is 1. The smallest absolute Gasteiger partial charge is 0.0356 e. The van der Waals surface area contributed by atoms with Crippen LogP contribution in [0.1, 0.15) is 67.0 Å². The van der Waals surface area contributed by atoms with E-state index < -0.39 is 0 Å². The van der Waals surface area contributed by atoms with Crippen molar-refractivity contribution in [2.45, 2.75) is 66.8 Å². The second kappa shape index (κ2) is 5.52. The third-order valence-corrected chi connectivity index (χ3v) is 5.79. The van der Waals surface area contributed by atoms with Crippen LogP contribution in [0.2, 0.25) is 0 Å². The van der Waals surface area contributed by atoms with Crippen molar-refractivity contribution in [3.05, 3.63) is 33.9 Å². The fourth-order valence-electron chi connectivity index (χ4n) is 4.23. The summed E-state index contributed by atoms with van der Waals surface area (Å²) in [5.41, 5.74) is 7.83. The summed E-state index contributed by atoms with van der Waals surface area (Å²) in [7, 11) is 2.13. The maximum Gasteiger partial charge on any atom is 0.0356 e. The molecular formula is C19H31N. The second-order valence-corrected chi connectivity index (χ2v) is 7.43. The molecule has 0 saturated heterocycles. The van der Waals surface area contributed by atoms with E-state index in [1.54, 1.807) is 5.56 Å². The lowest BCUT2D eigenvalue weighted by molar-refractivity contribution is 0.203. The fraction of sp³-hybridized carbons (Fsp3) is 0.684. The highest BCUT2D eigenvalue weighted by Gasteiger charge is 2.40. The van der Waals surface area contributed by atoms with Crippen LogP contribution in [0, 0.1) is 39.0 Å². The van der Waals surface area contributed by atoms with Crippen LogP contribution in [-0.4, -0.2) is 7.05 Å². The minimum absolute atomic E-state index is 0.449. The van der Waals surface area contributed by atoms with Crippen molar-refractivity contribution in [2.75, 3.05) is 7.05 Å². The van der Waals surface area contributed by atoms with Crippen molar-refractivity contribution in [3.8, 4) is 0 Å². The molecule has 112 valence electrons. The van der Waals surface area contributed by atoms with E-state index in [-0.39, 0.29) is 0 Å². The number of aryl methyl sites for hydroxylation is 2. The largest absolute Gasteiger partial charge is 0.313 e. The van der Waals surface area contributed by atoms with Gasteiger partial charge >= 0.3 is 0 Å². The van der Waals surface area contributed by atoms with Crippen LogP contribution in [0.4, 0.5) is 0 Å². The third-order valence-electron chi connectivity index (χ3n) is 5.79. The van der Waals surface area contributed by atoms with Gasteiger partial charge in [0.2, 0.25) is 0 Å².